The molecule has 2 nitrogen and oxygen atoms in total. The topological polar surface area (TPSA) is 41.8 Å². The lowest BCUT2D eigenvalue weighted by Crippen LogP contribution is -2.00. The van der Waals surface area contributed by atoms with Crippen molar-refractivity contribution in [1.82, 2.24) is 4.98 Å². The first-order chi connectivity index (χ1) is 4.38. The molecule has 0 aliphatic heterocycles. The monoisotopic (exact) mass is 122 g/mol. The van der Waals surface area contributed by atoms with Crippen LogP contribution in [0.25, 0.3) is 0 Å². The van der Waals surface area contributed by atoms with Gasteiger partial charge in [0.15, 0.2) is 0 Å². The van der Waals surface area contributed by atoms with E-state index >= 15 is 0 Å². The molecule has 0 saturated heterocycles. The fourth-order valence-electron chi connectivity index (χ4n) is 1.15. The van der Waals surface area contributed by atoms with Gasteiger partial charge in [0.05, 0.1) is 0 Å². The van der Waals surface area contributed by atoms with Crippen LogP contribution in [0.15, 0.2) is 18.3 Å². The zero-order chi connectivity index (χ0) is 6.27. The summed E-state index contributed by atoms with van der Waals surface area (Å²) in [5.41, 5.74) is 6.93. The van der Waals surface area contributed by atoms with Crippen molar-refractivity contribution in [3.05, 3.63) is 24.0 Å². The van der Waals surface area contributed by atoms with Gasteiger partial charge in [-0.2, -0.15) is 0 Å². The van der Waals surface area contributed by atoms with Gasteiger partial charge in [0, 0.05) is 23.9 Å². The van der Waals surface area contributed by atoms with Gasteiger partial charge in [-0.25, -0.2) is 0 Å². The number of rotatable bonds is 1. The van der Waals surface area contributed by atoms with Crippen molar-refractivity contribution in [2.24, 2.45) is 5.73 Å². The summed E-state index contributed by atoms with van der Waals surface area (Å²) < 4.78 is 0. The van der Waals surface area contributed by atoms with Crippen LogP contribution < -0.4 is 5.73 Å². The molecule has 48 valence electrons. The van der Waals surface area contributed by atoms with E-state index in [1.807, 2.05) is 12.3 Å². The molecule has 9 heavy (non-hydrogen) atoms. The van der Waals surface area contributed by atoms with E-state index in [4.69, 9.17) is 5.73 Å². The molecule has 0 amide bonds. The fraction of sp³-hybridized carbons (Fsp3) is 0.429. The SMILES string of the molecule is NC1CC1c1ccc[nH]1. The molecule has 1 aromatic rings. The van der Waals surface area contributed by atoms with Crippen LogP contribution in [-0.4, -0.2) is 11.0 Å². The highest BCUT2D eigenvalue weighted by atomic mass is 14.8. The van der Waals surface area contributed by atoms with E-state index in [2.05, 4.69) is 11.1 Å². The van der Waals surface area contributed by atoms with Crippen molar-refractivity contribution < 1.29 is 0 Å². The Labute approximate surface area is 54.1 Å². The van der Waals surface area contributed by atoms with Gasteiger partial charge >= 0.3 is 0 Å². The van der Waals surface area contributed by atoms with Gasteiger partial charge in [0.25, 0.3) is 0 Å². The maximum Gasteiger partial charge on any atom is 0.0194 e. The minimum absolute atomic E-state index is 0.420. The van der Waals surface area contributed by atoms with Gasteiger partial charge in [0.2, 0.25) is 0 Å². The van der Waals surface area contributed by atoms with Gasteiger partial charge in [-0.1, -0.05) is 0 Å². The number of nitrogens with two attached hydrogens (primary N) is 1. The molecule has 1 aromatic heterocycles. The van der Waals surface area contributed by atoms with Crippen LogP contribution in [0.4, 0.5) is 0 Å². The molecule has 1 heterocycles. The summed E-state index contributed by atoms with van der Waals surface area (Å²) in [7, 11) is 0. The van der Waals surface area contributed by atoms with Crippen molar-refractivity contribution in [3.63, 3.8) is 0 Å². The lowest BCUT2D eigenvalue weighted by atomic mass is 10.3. The Morgan fingerprint density at radius 1 is 1.67 bits per heavy atom. The molecular weight excluding hydrogens is 112 g/mol. The van der Waals surface area contributed by atoms with Crippen LogP contribution in [-0.2, 0) is 0 Å². The van der Waals surface area contributed by atoms with Crippen LogP contribution in [0, 0.1) is 0 Å². The van der Waals surface area contributed by atoms with E-state index in [1.165, 1.54) is 5.69 Å². The number of hydrogen-bond acceptors (Lipinski definition) is 1. The predicted octanol–water partition coefficient (Wildman–Crippen LogP) is 0.829. The third-order valence-electron chi connectivity index (χ3n) is 1.86. The van der Waals surface area contributed by atoms with E-state index in [0.717, 1.165) is 6.42 Å². The Kier molecular flexibility index (Phi) is 0.904. The number of aromatic nitrogens is 1. The molecule has 1 aliphatic rings. The first-order valence-corrected chi connectivity index (χ1v) is 3.27. The molecule has 1 saturated carbocycles. The minimum Gasteiger partial charge on any atom is -0.365 e. The van der Waals surface area contributed by atoms with E-state index in [0.29, 0.717) is 12.0 Å². The number of H-pyrrole nitrogens is 1. The second-order valence-corrected chi connectivity index (χ2v) is 2.63. The smallest absolute Gasteiger partial charge is 0.0194 e. The molecule has 0 radical (unpaired) electrons. The van der Waals surface area contributed by atoms with Crippen LogP contribution >= 0.6 is 0 Å². The first-order valence-electron chi connectivity index (χ1n) is 3.27. The minimum atomic E-state index is 0.420. The normalized spacial score (nSPS) is 32.6. The average molecular weight is 122 g/mol. The van der Waals surface area contributed by atoms with Crippen molar-refractivity contribution in [3.8, 4) is 0 Å². The molecule has 0 aromatic carbocycles. The van der Waals surface area contributed by atoms with Crippen LogP contribution in [0.3, 0.4) is 0 Å². The van der Waals surface area contributed by atoms with Crippen LogP contribution in [0.1, 0.15) is 18.0 Å². The standard InChI is InChI=1S/C7H10N2/c8-6-4-5(6)7-2-1-3-9-7/h1-3,5-6,9H,4,8H2. The third-order valence-corrected chi connectivity index (χ3v) is 1.86. The van der Waals surface area contributed by atoms with Crippen molar-refractivity contribution in [2.45, 2.75) is 18.4 Å². The maximum absolute atomic E-state index is 5.64. The molecule has 0 spiro atoms. The fourth-order valence-corrected chi connectivity index (χ4v) is 1.15. The van der Waals surface area contributed by atoms with Crippen molar-refractivity contribution in [2.75, 3.05) is 0 Å². The summed E-state index contributed by atoms with van der Waals surface area (Å²) in [6.45, 7) is 0. The van der Waals surface area contributed by atoms with E-state index in [9.17, 15) is 0 Å². The van der Waals surface area contributed by atoms with Crippen LogP contribution in [0.5, 0.6) is 0 Å². The summed E-state index contributed by atoms with van der Waals surface area (Å²) in [6.07, 6.45) is 3.10. The molecular formula is C7H10N2. The van der Waals surface area contributed by atoms with Crippen molar-refractivity contribution in [1.29, 1.82) is 0 Å². The second kappa shape index (κ2) is 1.61. The van der Waals surface area contributed by atoms with E-state index < -0.39 is 0 Å². The predicted molar refractivity (Wildman–Crippen MR) is 36.1 cm³/mol. The zero-order valence-corrected chi connectivity index (χ0v) is 5.17. The lowest BCUT2D eigenvalue weighted by Gasteiger charge is -1.88. The summed E-state index contributed by atoms with van der Waals surface area (Å²) in [4.78, 5) is 3.15. The zero-order valence-electron chi connectivity index (χ0n) is 5.17. The summed E-state index contributed by atoms with van der Waals surface area (Å²) in [5.74, 6) is 0.625. The number of nitrogens with one attached hydrogen (secondary N) is 1. The first kappa shape index (κ1) is 5.06. The highest BCUT2D eigenvalue weighted by Crippen LogP contribution is 2.37. The molecule has 3 N–H and O–H groups in total. The van der Waals surface area contributed by atoms with E-state index in [-0.39, 0.29) is 0 Å². The van der Waals surface area contributed by atoms with Crippen LogP contribution in [0.2, 0.25) is 0 Å². The summed E-state index contributed by atoms with van der Waals surface area (Å²) in [5, 5.41) is 0. The molecule has 1 aliphatic carbocycles. The Morgan fingerprint density at radius 2 is 2.44 bits per heavy atom. The number of aromatic amines is 1. The highest BCUT2D eigenvalue weighted by molar-refractivity contribution is 5.20. The lowest BCUT2D eigenvalue weighted by molar-refractivity contribution is 0.958. The Morgan fingerprint density at radius 3 is 2.89 bits per heavy atom. The largest absolute Gasteiger partial charge is 0.365 e. The molecule has 2 atom stereocenters. The average Bonchev–Trinajstić information content (AvgIpc) is 2.44. The van der Waals surface area contributed by atoms with Gasteiger partial charge in [0.1, 0.15) is 0 Å². The van der Waals surface area contributed by atoms with Gasteiger partial charge in [-0.15, -0.1) is 0 Å². The highest BCUT2D eigenvalue weighted by Gasteiger charge is 2.35. The molecule has 1 fully saturated rings. The van der Waals surface area contributed by atoms with Crippen molar-refractivity contribution >= 4 is 0 Å². The molecule has 0 bridgehead atoms. The molecule has 2 heteroatoms. The quantitative estimate of drug-likeness (QED) is 0.569. The Balaban J connectivity index is 2.18. The van der Waals surface area contributed by atoms with Gasteiger partial charge < -0.3 is 10.7 Å². The summed E-state index contributed by atoms with van der Waals surface area (Å²) in [6, 6.07) is 4.53. The van der Waals surface area contributed by atoms with E-state index in [1.54, 1.807) is 0 Å². The Bertz CT molecular complexity index is 191. The molecule has 2 unspecified atom stereocenters. The van der Waals surface area contributed by atoms with Gasteiger partial charge in [-0.3, -0.25) is 0 Å². The Hall–Kier alpha value is -0.760. The van der Waals surface area contributed by atoms with Gasteiger partial charge in [-0.05, 0) is 18.6 Å². The second-order valence-electron chi connectivity index (χ2n) is 2.63. The molecule has 2 rings (SSSR count). The summed E-state index contributed by atoms with van der Waals surface area (Å²) >= 11 is 0. The third kappa shape index (κ3) is 0.754. The maximum atomic E-state index is 5.64. The number of hydrogen-bond donors (Lipinski definition) is 2.